The van der Waals surface area contributed by atoms with Gasteiger partial charge in [0.2, 0.25) is 0 Å². The van der Waals surface area contributed by atoms with Gasteiger partial charge < -0.3 is 5.32 Å². The molecule has 0 aliphatic carbocycles. The molecule has 0 aliphatic rings. The number of carbonyl (C=O) groups is 1. The first-order valence-corrected chi connectivity index (χ1v) is 8.89. The van der Waals surface area contributed by atoms with Crippen LogP contribution in [0.4, 0.5) is 28.8 Å². The zero-order valence-corrected chi connectivity index (χ0v) is 15.3. The Balaban J connectivity index is 1.70. The molecule has 0 bridgehead atoms. The molecule has 0 fully saturated rings. The molecule has 0 unspecified atom stereocenters. The van der Waals surface area contributed by atoms with Crippen molar-refractivity contribution in [1.82, 2.24) is 4.98 Å². The van der Waals surface area contributed by atoms with Gasteiger partial charge in [-0.25, -0.2) is 9.78 Å². The average molecular weight is 391 g/mol. The normalized spacial score (nSPS) is 11.3. The van der Waals surface area contributed by atoms with Crippen LogP contribution in [0.25, 0.3) is 11.3 Å². The van der Waals surface area contributed by atoms with Crippen LogP contribution in [0.2, 0.25) is 0 Å². The maximum atomic E-state index is 12.7. The highest BCUT2D eigenvalue weighted by molar-refractivity contribution is 7.14. The molecule has 3 rings (SSSR count). The fourth-order valence-electron chi connectivity index (χ4n) is 2.59. The topological polar surface area (TPSA) is 54.0 Å². The first-order valence-electron chi connectivity index (χ1n) is 8.01. The van der Waals surface area contributed by atoms with E-state index in [-0.39, 0.29) is 5.69 Å². The third-order valence-corrected chi connectivity index (χ3v) is 4.59. The lowest BCUT2D eigenvalue weighted by atomic mass is 10.0. The summed E-state index contributed by atoms with van der Waals surface area (Å²) in [5.74, 6) is 0. The van der Waals surface area contributed by atoms with E-state index in [0.29, 0.717) is 5.13 Å². The Morgan fingerprint density at radius 2 is 1.85 bits per heavy atom. The predicted molar refractivity (Wildman–Crippen MR) is 101 cm³/mol. The second-order valence-corrected chi connectivity index (χ2v) is 6.87. The second kappa shape index (κ2) is 7.40. The summed E-state index contributed by atoms with van der Waals surface area (Å²) in [6, 6.07) is 9.78. The van der Waals surface area contributed by atoms with Crippen molar-refractivity contribution in [3.63, 3.8) is 0 Å². The van der Waals surface area contributed by atoms with Gasteiger partial charge in [0.1, 0.15) is 0 Å². The lowest BCUT2D eigenvalue weighted by Gasteiger charge is -2.09. The third kappa shape index (κ3) is 4.65. The van der Waals surface area contributed by atoms with Crippen LogP contribution in [-0.4, -0.2) is 11.0 Å². The number of aromatic nitrogens is 1. The number of rotatable bonds is 3. The van der Waals surface area contributed by atoms with Crippen LogP contribution in [0.15, 0.2) is 47.8 Å². The van der Waals surface area contributed by atoms with Gasteiger partial charge in [0.05, 0.1) is 11.3 Å². The molecule has 1 aromatic heterocycles. The number of nitrogens with one attached hydrogen (secondary N) is 2. The molecule has 2 N–H and O–H groups in total. The van der Waals surface area contributed by atoms with Gasteiger partial charge in [-0.1, -0.05) is 29.8 Å². The lowest BCUT2D eigenvalue weighted by Crippen LogP contribution is -2.19. The molecule has 0 radical (unpaired) electrons. The third-order valence-electron chi connectivity index (χ3n) is 3.83. The van der Waals surface area contributed by atoms with E-state index in [9.17, 15) is 18.0 Å². The number of amides is 2. The number of hydrogen-bond acceptors (Lipinski definition) is 3. The van der Waals surface area contributed by atoms with Crippen molar-refractivity contribution in [2.45, 2.75) is 20.0 Å². The van der Waals surface area contributed by atoms with Crippen molar-refractivity contribution in [2.75, 3.05) is 10.6 Å². The Kier molecular flexibility index (Phi) is 5.18. The summed E-state index contributed by atoms with van der Waals surface area (Å²) in [7, 11) is 0. The highest BCUT2D eigenvalue weighted by Gasteiger charge is 2.30. The van der Waals surface area contributed by atoms with Crippen molar-refractivity contribution >= 4 is 28.2 Å². The number of thiazole rings is 1. The molecular formula is C19H16F3N3OS. The summed E-state index contributed by atoms with van der Waals surface area (Å²) in [4.78, 5) is 16.4. The summed E-state index contributed by atoms with van der Waals surface area (Å²) in [5, 5.41) is 7.11. The molecule has 0 spiro atoms. The van der Waals surface area contributed by atoms with Crippen LogP contribution in [0.5, 0.6) is 0 Å². The van der Waals surface area contributed by atoms with Gasteiger partial charge in [-0.05, 0) is 37.6 Å². The molecule has 0 atom stereocenters. The van der Waals surface area contributed by atoms with Crippen LogP contribution in [0.1, 0.15) is 16.7 Å². The van der Waals surface area contributed by atoms with Crippen LogP contribution in [0.3, 0.4) is 0 Å². The van der Waals surface area contributed by atoms with Crippen LogP contribution >= 0.6 is 11.3 Å². The number of carbonyl (C=O) groups excluding carboxylic acids is 1. The minimum Gasteiger partial charge on any atom is -0.308 e. The first kappa shape index (κ1) is 18.9. The van der Waals surface area contributed by atoms with E-state index < -0.39 is 17.8 Å². The Bertz CT molecular complexity index is 982. The Hall–Kier alpha value is -2.87. The van der Waals surface area contributed by atoms with Gasteiger partial charge in [0.25, 0.3) is 0 Å². The van der Waals surface area contributed by atoms with Gasteiger partial charge >= 0.3 is 12.2 Å². The molecule has 2 aromatic carbocycles. The van der Waals surface area contributed by atoms with Crippen molar-refractivity contribution in [3.05, 3.63) is 64.5 Å². The summed E-state index contributed by atoms with van der Waals surface area (Å²) >= 11 is 1.24. The van der Waals surface area contributed by atoms with E-state index in [1.54, 1.807) is 0 Å². The standard InChI is InChI=1S/C19H16F3N3OS/c1-11-6-7-15(12(2)8-11)16-10-27-18(24-16)25-17(26)23-14-5-3-4-13(9-14)19(20,21)22/h3-10H,1-2H3,(H2,23,24,25,26). The van der Waals surface area contributed by atoms with Crippen LogP contribution in [-0.2, 0) is 6.18 Å². The Labute approximate surface area is 158 Å². The summed E-state index contributed by atoms with van der Waals surface area (Å²) < 4.78 is 38.2. The number of nitrogens with zero attached hydrogens (tertiary/aromatic N) is 1. The molecule has 27 heavy (non-hydrogen) atoms. The predicted octanol–water partition coefficient (Wildman–Crippen LogP) is 6.09. The molecule has 140 valence electrons. The van der Waals surface area contributed by atoms with Crippen molar-refractivity contribution < 1.29 is 18.0 Å². The molecule has 0 aliphatic heterocycles. The summed E-state index contributed by atoms with van der Waals surface area (Å²) in [6.07, 6.45) is -4.47. The Morgan fingerprint density at radius 3 is 2.56 bits per heavy atom. The van der Waals surface area contributed by atoms with E-state index in [0.717, 1.165) is 34.5 Å². The summed E-state index contributed by atoms with van der Waals surface area (Å²) in [6.45, 7) is 3.98. The van der Waals surface area contributed by atoms with E-state index in [1.807, 2.05) is 37.4 Å². The fraction of sp³-hybridized carbons (Fsp3) is 0.158. The van der Waals surface area contributed by atoms with E-state index in [1.165, 1.54) is 23.5 Å². The maximum absolute atomic E-state index is 12.7. The van der Waals surface area contributed by atoms with E-state index >= 15 is 0 Å². The number of urea groups is 1. The molecule has 0 saturated heterocycles. The maximum Gasteiger partial charge on any atom is 0.416 e. The van der Waals surface area contributed by atoms with E-state index in [2.05, 4.69) is 15.6 Å². The fourth-order valence-corrected chi connectivity index (χ4v) is 3.29. The highest BCUT2D eigenvalue weighted by atomic mass is 32.1. The number of alkyl halides is 3. The van der Waals surface area contributed by atoms with Crippen LogP contribution in [0, 0.1) is 13.8 Å². The molecule has 4 nitrogen and oxygen atoms in total. The Morgan fingerprint density at radius 1 is 1.07 bits per heavy atom. The minimum absolute atomic E-state index is 0.0495. The largest absolute Gasteiger partial charge is 0.416 e. The molecule has 0 saturated carbocycles. The molecule has 8 heteroatoms. The molecular weight excluding hydrogens is 375 g/mol. The zero-order valence-electron chi connectivity index (χ0n) is 14.5. The lowest BCUT2D eigenvalue weighted by molar-refractivity contribution is -0.137. The monoisotopic (exact) mass is 391 g/mol. The summed E-state index contributed by atoms with van der Waals surface area (Å²) in [5.41, 5.74) is 3.13. The highest BCUT2D eigenvalue weighted by Crippen LogP contribution is 2.31. The number of hydrogen-bond donors (Lipinski definition) is 2. The van der Waals surface area contributed by atoms with Gasteiger partial charge in [0.15, 0.2) is 5.13 Å². The number of halogens is 3. The van der Waals surface area contributed by atoms with Gasteiger partial charge in [-0.15, -0.1) is 11.3 Å². The average Bonchev–Trinajstić information content (AvgIpc) is 3.02. The van der Waals surface area contributed by atoms with Crippen molar-refractivity contribution in [3.8, 4) is 11.3 Å². The van der Waals surface area contributed by atoms with Crippen molar-refractivity contribution in [1.29, 1.82) is 0 Å². The number of aryl methyl sites for hydroxylation is 2. The minimum atomic E-state index is -4.47. The molecule has 3 aromatic rings. The first-order chi connectivity index (χ1) is 12.7. The van der Waals surface area contributed by atoms with Crippen LogP contribution < -0.4 is 10.6 Å². The van der Waals surface area contributed by atoms with Gasteiger partial charge in [-0.3, -0.25) is 5.32 Å². The van der Waals surface area contributed by atoms with Gasteiger partial charge in [0, 0.05) is 16.6 Å². The zero-order chi connectivity index (χ0) is 19.6. The van der Waals surface area contributed by atoms with Gasteiger partial charge in [-0.2, -0.15) is 13.2 Å². The second-order valence-electron chi connectivity index (χ2n) is 6.01. The number of anilines is 2. The van der Waals surface area contributed by atoms with E-state index in [4.69, 9.17) is 0 Å². The SMILES string of the molecule is Cc1ccc(-c2csc(NC(=O)Nc3cccc(C(F)(F)F)c3)n2)c(C)c1. The number of benzene rings is 2. The quantitative estimate of drug-likeness (QED) is 0.568. The molecule has 1 heterocycles. The smallest absolute Gasteiger partial charge is 0.308 e. The van der Waals surface area contributed by atoms with Crippen molar-refractivity contribution in [2.24, 2.45) is 0 Å². The molecule has 2 amide bonds.